The lowest BCUT2D eigenvalue weighted by molar-refractivity contribution is -0.114. The van der Waals surface area contributed by atoms with Crippen LogP contribution in [-0.4, -0.2) is 5.91 Å². The molecule has 0 bridgehead atoms. The van der Waals surface area contributed by atoms with Gasteiger partial charge in [-0.05, 0) is 30.8 Å². The Bertz CT molecular complexity index is 286. The van der Waals surface area contributed by atoms with E-state index in [1.54, 1.807) is 0 Å². The first-order valence-corrected chi connectivity index (χ1v) is 4.57. The summed E-state index contributed by atoms with van der Waals surface area (Å²) >= 11 is 0. The number of rotatable bonds is 1. The van der Waals surface area contributed by atoms with E-state index in [1.165, 1.54) is 6.42 Å². The van der Waals surface area contributed by atoms with Gasteiger partial charge in [-0.2, -0.15) is 5.26 Å². The van der Waals surface area contributed by atoms with Crippen molar-refractivity contribution >= 4 is 5.91 Å². The third-order valence-electron chi connectivity index (χ3n) is 2.48. The molecule has 1 aliphatic carbocycles. The van der Waals surface area contributed by atoms with Crippen molar-refractivity contribution in [2.45, 2.75) is 32.6 Å². The molecule has 1 amide bonds. The van der Waals surface area contributed by atoms with Crippen LogP contribution < -0.4 is 5.73 Å². The van der Waals surface area contributed by atoms with E-state index in [0.717, 1.165) is 24.8 Å². The minimum atomic E-state index is -0.577. The van der Waals surface area contributed by atoms with Gasteiger partial charge >= 0.3 is 0 Å². The van der Waals surface area contributed by atoms with Gasteiger partial charge < -0.3 is 5.73 Å². The van der Waals surface area contributed by atoms with Crippen LogP contribution in [0.15, 0.2) is 11.1 Å². The molecular weight excluding hydrogens is 164 g/mol. The molecule has 0 unspecified atom stereocenters. The van der Waals surface area contributed by atoms with Crippen LogP contribution in [0.1, 0.15) is 32.6 Å². The second-order valence-corrected chi connectivity index (χ2v) is 3.66. The number of carbonyl (C=O) groups excluding carboxylic acids is 1. The van der Waals surface area contributed by atoms with Gasteiger partial charge in [0.05, 0.1) is 0 Å². The fourth-order valence-corrected chi connectivity index (χ4v) is 1.82. The number of amides is 1. The molecule has 1 atom stereocenters. The zero-order valence-corrected chi connectivity index (χ0v) is 7.84. The van der Waals surface area contributed by atoms with Gasteiger partial charge in [-0.25, -0.2) is 0 Å². The zero-order valence-electron chi connectivity index (χ0n) is 7.84. The van der Waals surface area contributed by atoms with E-state index in [4.69, 9.17) is 11.0 Å². The predicted octanol–water partition coefficient (Wildman–Crippen LogP) is 1.50. The molecule has 1 rings (SSSR count). The second kappa shape index (κ2) is 4.08. The van der Waals surface area contributed by atoms with Crippen LogP contribution in [-0.2, 0) is 4.79 Å². The summed E-state index contributed by atoms with van der Waals surface area (Å²) in [4.78, 5) is 10.9. The third-order valence-corrected chi connectivity index (χ3v) is 2.48. The topological polar surface area (TPSA) is 66.9 Å². The molecule has 3 nitrogen and oxygen atoms in total. The van der Waals surface area contributed by atoms with E-state index in [9.17, 15) is 4.79 Å². The van der Waals surface area contributed by atoms with Gasteiger partial charge in [-0.3, -0.25) is 4.79 Å². The molecule has 3 heteroatoms. The lowest BCUT2D eigenvalue weighted by Gasteiger charge is -2.20. The SMILES string of the molecule is C[C@@H]1CCC/C(=C(/C#N)C(N)=O)C1. The maximum Gasteiger partial charge on any atom is 0.259 e. The Labute approximate surface area is 78.2 Å². The van der Waals surface area contributed by atoms with Crippen molar-refractivity contribution in [1.29, 1.82) is 5.26 Å². The molecule has 0 aliphatic heterocycles. The summed E-state index contributed by atoms with van der Waals surface area (Å²) in [5.74, 6) is -0.00181. The summed E-state index contributed by atoms with van der Waals surface area (Å²) in [6.45, 7) is 2.13. The molecule has 0 aromatic heterocycles. The first-order valence-electron chi connectivity index (χ1n) is 4.57. The molecule has 1 aliphatic rings. The van der Waals surface area contributed by atoms with Crippen LogP contribution in [0.25, 0.3) is 0 Å². The molecule has 1 saturated carbocycles. The van der Waals surface area contributed by atoms with Crippen molar-refractivity contribution in [3.05, 3.63) is 11.1 Å². The van der Waals surface area contributed by atoms with Gasteiger partial charge in [-0.1, -0.05) is 13.3 Å². The molecule has 70 valence electrons. The van der Waals surface area contributed by atoms with Gasteiger partial charge in [0, 0.05) is 0 Å². The van der Waals surface area contributed by atoms with Crippen molar-refractivity contribution in [3.8, 4) is 6.07 Å². The Hall–Kier alpha value is -1.30. The van der Waals surface area contributed by atoms with Crippen LogP contribution in [0, 0.1) is 17.2 Å². The summed E-state index contributed by atoms with van der Waals surface area (Å²) in [5.41, 5.74) is 6.24. The first kappa shape index (κ1) is 9.79. The number of carbonyl (C=O) groups is 1. The normalized spacial score (nSPS) is 26.3. The molecule has 0 heterocycles. The smallest absolute Gasteiger partial charge is 0.259 e. The zero-order chi connectivity index (χ0) is 9.84. The largest absolute Gasteiger partial charge is 0.365 e. The van der Waals surface area contributed by atoms with Crippen molar-refractivity contribution in [1.82, 2.24) is 0 Å². The Morgan fingerprint density at radius 1 is 1.69 bits per heavy atom. The van der Waals surface area contributed by atoms with Gasteiger partial charge in [0.2, 0.25) is 0 Å². The molecule has 0 spiro atoms. The summed E-state index contributed by atoms with van der Waals surface area (Å²) < 4.78 is 0. The molecule has 0 radical (unpaired) electrons. The molecule has 13 heavy (non-hydrogen) atoms. The van der Waals surface area contributed by atoms with E-state index < -0.39 is 5.91 Å². The minimum Gasteiger partial charge on any atom is -0.365 e. The highest BCUT2D eigenvalue weighted by Crippen LogP contribution is 2.29. The Morgan fingerprint density at radius 2 is 2.38 bits per heavy atom. The molecule has 0 saturated heterocycles. The fourth-order valence-electron chi connectivity index (χ4n) is 1.82. The molecule has 0 aromatic rings. The van der Waals surface area contributed by atoms with Gasteiger partial charge in [-0.15, -0.1) is 0 Å². The monoisotopic (exact) mass is 178 g/mol. The maximum absolute atomic E-state index is 10.9. The molecule has 2 N–H and O–H groups in total. The lowest BCUT2D eigenvalue weighted by atomic mass is 9.84. The van der Waals surface area contributed by atoms with E-state index in [0.29, 0.717) is 5.92 Å². The van der Waals surface area contributed by atoms with Gasteiger partial charge in [0.25, 0.3) is 5.91 Å². The van der Waals surface area contributed by atoms with Gasteiger partial charge in [0.15, 0.2) is 0 Å². The third kappa shape index (κ3) is 2.32. The summed E-state index contributed by atoms with van der Waals surface area (Å²) in [6, 6.07) is 1.90. The van der Waals surface area contributed by atoms with Crippen molar-refractivity contribution < 1.29 is 4.79 Å². The highest BCUT2D eigenvalue weighted by Gasteiger charge is 2.18. The summed E-state index contributed by atoms with van der Waals surface area (Å²) in [7, 11) is 0. The predicted molar refractivity (Wildman–Crippen MR) is 49.5 cm³/mol. The highest BCUT2D eigenvalue weighted by molar-refractivity contribution is 5.96. The summed E-state index contributed by atoms with van der Waals surface area (Å²) in [6.07, 6.45) is 3.96. The van der Waals surface area contributed by atoms with Gasteiger partial charge in [0.1, 0.15) is 11.6 Å². The van der Waals surface area contributed by atoms with E-state index in [-0.39, 0.29) is 5.57 Å². The fraction of sp³-hybridized carbons (Fsp3) is 0.600. The number of nitrogens with zero attached hydrogens (tertiary/aromatic N) is 1. The van der Waals surface area contributed by atoms with E-state index in [1.807, 2.05) is 6.07 Å². The van der Waals surface area contributed by atoms with Crippen LogP contribution >= 0.6 is 0 Å². The number of hydrogen-bond acceptors (Lipinski definition) is 2. The molecule has 1 fully saturated rings. The number of hydrogen-bond donors (Lipinski definition) is 1. The number of nitrogens with two attached hydrogens (primary N) is 1. The van der Waals surface area contributed by atoms with Crippen molar-refractivity contribution in [2.75, 3.05) is 0 Å². The van der Waals surface area contributed by atoms with Crippen LogP contribution in [0.3, 0.4) is 0 Å². The van der Waals surface area contributed by atoms with Crippen LogP contribution in [0.5, 0.6) is 0 Å². The second-order valence-electron chi connectivity index (χ2n) is 3.66. The lowest BCUT2D eigenvalue weighted by Crippen LogP contribution is -2.17. The van der Waals surface area contributed by atoms with Crippen molar-refractivity contribution in [3.63, 3.8) is 0 Å². The molecular formula is C10H14N2O. The standard InChI is InChI=1S/C10H14N2O/c1-7-3-2-4-8(5-7)9(6-11)10(12)13/h7H,2-5H2,1H3,(H2,12,13)/b9-8+/t7-/m1/s1. The Balaban J connectivity index is 2.88. The van der Waals surface area contributed by atoms with E-state index >= 15 is 0 Å². The Morgan fingerprint density at radius 3 is 2.85 bits per heavy atom. The van der Waals surface area contributed by atoms with Crippen molar-refractivity contribution in [2.24, 2.45) is 11.7 Å². The van der Waals surface area contributed by atoms with Crippen LogP contribution in [0.4, 0.5) is 0 Å². The average Bonchev–Trinajstić information content (AvgIpc) is 2.04. The minimum absolute atomic E-state index is 0.187. The molecule has 0 aromatic carbocycles. The number of allylic oxidation sites excluding steroid dienone is 1. The van der Waals surface area contributed by atoms with Crippen LogP contribution in [0.2, 0.25) is 0 Å². The first-order chi connectivity index (χ1) is 6.15. The number of primary amides is 1. The highest BCUT2D eigenvalue weighted by atomic mass is 16.1. The Kier molecular flexibility index (Phi) is 3.07. The average molecular weight is 178 g/mol. The number of nitriles is 1. The summed E-state index contributed by atoms with van der Waals surface area (Å²) in [5, 5.41) is 8.73. The van der Waals surface area contributed by atoms with E-state index in [2.05, 4.69) is 6.92 Å². The maximum atomic E-state index is 10.9. The quantitative estimate of drug-likeness (QED) is 0.488.